The van der Waals surface area contributed by atoms with Crippen LogP contribution in [0.3, 0.4) is 0 Å². The van der Waals surface area contributed by atoms with E-state index in [1.807, 2.05) is 0 Å². The third-order valence-electron chi connectivity index (χ3n) is 5.19. The van der Waals surface area contributed by atoms with Gasteiger partial charge in [-0.2, -0.15) is 0 Å². The van der Waals surface area contributed by atoms with Gasteiger partial charge in [-0.05, 0) is 38.3 Å². The number of primary amides is 1. The van der Waals surface area contributed by atoms with E-state index in [-0.39, 0.29) is 37.4 Å². The van der Waals surface area contributed by atoms with Gasteiger partial charge in [0.1, 0.15) is 14.7 Å². The van der Waals surface area contributed by atoms with E-state index in [9.17, 15) is 28.5 Å². The molecule has 1 aromatic rings. The Morgan fingerprint density at radius 2 is 1.76 bits per heavy atom. The lowest BCUT2D eigenvalue weighted by Gasteiger charge is -2.22. The van der Waals surface area contributed by atoms with E-state index in [0.717, 1.165) is 4.90 Å². The summed E-state index contributed by atoms with van der Waals surface area (Å²) < 4.78 is 21.2. The van der Waals surface area contributed by atoms with Crippen LogP contribution in [0.15, 0.2) is 24.3 Å². The monoisotopic (exact) mass is 481 g/mol. The predicted molar refractivity (Wildman–Crippen MR) is 120 cm³/mol. The standard InChI is InChI=1S/C21H29N4O7P/c1-13(19(29)23-16(18(22)28)9-10-17(26)27)24-33(2,32)12-6-5-11-25-20(30)14-7-3-4-8-15(14)21(25)31/h3-4,7-8,13,16H,5-6,9-12H2,1-2H3,(H2,22,28)(H,23,29)(H,24,32)(H,26,27)/t13-,16-,33?/m0/s1/i/hD. The molecule has 1 aromatic carbocycles. The van der Waals surface area contributed by atoms with Crippen molar-refractivity contribution in [3.8, 4) is 0 Å². The molecule has 1 heterocycles. The Morgan fingerprint density at radius 3 is 2.27 bits per heavy atom. The summed E-state index contributed by atoms with van der Waals surface area (Å²) in [5, 5.41) is 11.7. The van der Waals surface area contributed by atoms with Crippen LogP contribution in [0, 0.1) is 0 Å². The van der Waals surface area contributed by atoms with Crippen LogP contribution in [0.2, 0.25) is 1.41 Å². The van der Waals surface area contributed by atoms with Crippen LogP contribution < -0.4 is 16.1 Å². The molecule has 0 aliphatic carbocycles. The van der Waals surface area contributed by atoms with Crippen molar-refractivity contribution >= 4 is 36.9 Å². The van der Waals surface area contributed by atoms with Crippen LogP contribution >= 0.6 is 7.29 Å². The zero-order valence-corrected chi connectivity index (χ0v) is 19.4. The van der Waals surface area contributed by atoms with Crippen LogP contribution in [0.4, 0.5) is 0 Å². The van der Waals surface area contributed by atoms with Crippen LogP contribution in [-0.2, 0) is 18.9 Å². The van der Waals surface area contributed by atoms with Gasteiger partial charge in [0.05, 0.1) is 17.2 Å². The number of imide groups is 1. The fourth-order valence-electron chi connectivity index (χ4n) is 3.44. The number of carboxylic acids is 1. The number of unbranched alkanes of at least 4 members (excludes halogenated alkanes) is 1. The number of hydrogen-bond donors (Lipinski definition) is 4. The third-order valence-corrected chi connectivity index (χ3v) is 7.17. The number of benzene rings is 1. The van der Waals surface area contributed by atoms with E-state index < -0.39 is 37.2 Å². The van der Waals surface area contributed by atoms with E-state index in [1.54, 1.807) is 24.3 Å². The number of carbonyl (C=O) groups is 5. The summed E-state index contributed by atoms with van der Waals surface area (Å²) in [4.78, 5) is 60.6. The van der Waals surface area contributed by atoms with Gasteiger partial charge in [-0.25, -0.2) is 0 Å². The zero-order chi connectivity index (χ0) is 25.6. The molecular weight excluding hydrogens is 451 g/mol. The van der Waals surface area contributed by atoms with Gasteiger partial charge in [-0.15, -0.1) is 0 Å². The summed E-state index contributed by atoms with van der Waals surface area (Å²) in [5.41, 5.74) is 5.90. The topological polar surface area (TPSA) is 176 Å². The number of nitrogens with two attached hydrogens (primary N) is 1. The van der Waals surface area contributed by atoms with Crippen molar-refractivity contribution < 1.29 is 35.1 Å². The first-order valence-electron chi connectivity index (χ1n) is 10.9. The second kappa shape index (κ2) is 11.2. The minimum atomic E-state index is -3.30. The molecule has 33 heavy (non-hydrogen) atoms. The minimum Gasteiger partial charge on any atom is -0.481 e. The van der Waals surface area contributed by atoms with Gasteiger partial charge in [0.25, 0.3) is 11.8 Å². The number of nitrogens with zero attached hydrogens (tertiary/aromatic N) is 1. The number of aliphatic carboxylic acids is 1. The Morgan fingerprint density at radius 1 is 1.18 bits per heavy atom. The van der Waals surface area contributed by atoms with Crippen molar-refractivity contribution in [2.75, 3.05) is 19.4 Å². The molecule has 0 aromatic heterocycles. The van der Waals surface area contributed by atoms with Crippen molar-refractivity contribution in [2.24, 2.45) is 5.73 Å². The predicted octanol–water partition coefficient (Wildman–Crippen LogP) is 0.784. The number of carboxylic acid groups (broad SMARTS) is 1. The molecular formula is C21H29N4O7P. The molecule has 11 nitrogen and oxygen atoms in total. The molecule has 0 saturated carbocycles. The molecule has 0 saturated heterocycles. The lowest BCUT2D eigenvalue weighted by molar-refractivity contribution is -0.137. The molecule has 2 rings (SSSR count). The Kier molecular flexibility index (Phi) is 8.35. The number of carbonyl (C=O) groups excluding carboxylic acids is 4. The molecule has 0 spiro atoms. The van der Waals surface area contributed by atoms with Gasteiger partial charge in [0.15, 0.2) is 0 Å². The maximum absolute atomic E-state index is 13.0. The lowest BCUT2D eigenvalue weighted by atomic mass is 10.1. The molecule has 1 aliphatic heterocycles. The SMILES string of the molecule is [2H]N([C@@H](C)C(=O)N[C@@H](CCC(=O)O)C(N)=O)P(C)(=O)CCCCN1C(=O)c2ccccc2C1=O. The Balaban J connectivity index is 1.87. The highest BCUT2D eigenvalue weighted by atomic mass is 31.2. The number of nitrogens with one attached hydrogen (secondary N) is 2. The fourth-order valence-corrected chi connectivity index (χ4v) is 5.20. The summed E-state index contributed by atoms with van der Waals surface area (Å²) in [6.45, 7) is 2.83. The first-order valence-corrected chi connectivity index (χ1v) is 12.8. The van der Waals surface area contributed by atoms with Crippen molar-refractivity contribution in [1.29, 1.82) is 0 Å². The van der Waals surface area contributed by atoms with Gasteiger partial charge in [0.2, 0.25) is 11.8 Å². The summed E-state index contributed by atoms with van der Waals surface area (Å²) in [6, 6.07) is 4.11. The average Bonchev–Trinajstić information content (AvgIpc) is 3.02. The molecule has 5 N–H and O–H groups in total. The Hall–Kier alpha value is -3.04. The quantitative estimate of drug-likeness (QED) is 0.181. The van der Waals surface area contributed by atoms with E-state index in [2.05, 4.69) is 5.32 Å². The highest BCUT2D eigenvalue weighted by Crippen LogP contribution is 2.38. The number of fused-ring (bicyclic) bond motifs is 1. The number of hydrogen-bond acceptors (Lipinski definition) is 6. The van der Waals surface area contributed by atoms with Crippen LogP contribution in [0.5, 0.6) is 0 Å². The molecule has 12 heteroatoms. The van der Waals surface area contributed by atoms with E-state index in [4.69, 9.17) is 12.3 Å². The van der Waals surface area contributed by atoms with E-state index in [0.29, 0.717) is 29.0 Å². The Bertz CT molecular complexity index is 999. The zero-order valence-electron chi connectivity index (χ0n) is 19.5. The van der Waals surface area contributed by atoms with E-state index in [1.165, 1.54) is 13.6 Å². The van der Waals surface area contributed by atoms with E-state index >= 15 is 0 Å². The van der Waals surface area contributed by atoms with Gasteiger partial charge < -0.3 is 20.7 Å². The van der Waals surface area contributed by atoms with Crippen LogP contribution in [0.25, 0.3) is 0 Å². The molecule has 1 unspecified atom stereocenters. The highest BCUT2D eigenvalue weighted by molar-refractivity contribution is 7.61. The van der Waals surface area contributed by atoms with Crippen molar-refractivity contribution in [3.05, 3.63) is 35.4 Å². The van der Waals surface area contributed by atoms with Crippen molar-refractivity contribution in [3.63, 3.8) is 0 Å². The molecule has 3 atom stereocenters. The average molecular weight is 481 g/mol. The minimum absolute atomic E-state index is 0.0650. The summed E-state index contributed by atoms with van der Waals surface area (Å²) >= 11 is 0. The third kappa shape index (κ3) is 7.23. The van der Waals surface area contributed by atoms with Crippen molar-refractivity contribution in [2.45, 2.75) is 44.7 Å². The second-order valence-corrected chi connectivity index (χ2v) is 10.8. The number of amides is 4. The largest absolute Gasteiger partial charge is 0.481 e. The van der Waals surface area contributed by atoms with Gasteiger partial charge in [-0.3, -0.25) is 34.0 Å². The van der Waals surface area contributed by atoms with Gasteiger partial charge in [0, 0.05) is 25.8 Å². The maximum atomic E-state index is 13.0. The smallest absolute Gasteiger partial charge is 0.303 e. The summed E-state index contributed by atoms with van der Waals surface area (Å²) in [6.07, 6.45) is 0.189. The maximum Gasteiger partial charge on any atom is 0.303 e. The summed E-state index contributed by atoms with van der Waals surface area (Å²) in [5.74, 6) is -3.60. The molecule has 4 amide bonds. The Labute approximate surface area is 193 Å². The fraction of sp³-hybridized carbons (Fsp3) is 0.476. The first kappa shape index (κ1) is 24.6. The first-order chi connectivity index (χ1) is 15.9. The molecule has 180 valence electrons. The van der Waals surface area contributed by atoms with Crippen LogP contribution in [0.1, 0.15) is 53.3 Å². The lowest BCUT2D eigenvalue weighted by Crippen LogP contribution is -2.50. The normalized spacial score (nSPS) is 17.2. The van der Waals surface area contributed by atoms with Crippen LogP contribution in [-0.4, -0.2) is 71.1 Å². The van der Waals surface area contributed by atoms with Gasteiger partial charge >= 0.3 is 5.97 Å². The molecule has 0 bridgehead atoms. The van der Waals surface area contributed by atoms with Crippen molar-refractivity contribution in [1.82, 2.24) is 15.3 Å². The molecule has 0 fully saturated rings. The molecule has 1 aliphatic rings. The van der Waals surface area contributed by atoms with Gasteiger partial charge in [-0.1, -0.05) is 12.1 Å². The second-order valence-electron chi connectivity index (χ2n) is 7.98. The number of rotatable bonds is 13. The highest BCUT2D eigenvalue weighted by Gasteiger charge is 2.34. The molecule has 0 radical (unpaired) electrons. The summed E-state index contributed by atoms with van der Waals surface area (Å²) in [7, 11) is -3.30.